The molecule has 0 atom stereocenters. The summed E-state index contributed by atoms with van der Waals surface area (Å²) in [6.07, 6.45) is 3.07. The Morgan fingerprint density at radius 1 is 1.19 bits per heavy atom. The van der Waals surface area contributed by atoms with E-state index in [4.69, 9.17) is 0 Å². The minimum atomic E-state index is -0.221. The van der Waals surface area contributed by atoms with E-state index in [2.05, 4.69) is 37.0 Å². The van der Waals surface area contributed by atoms with Gasteiger partial charge in [-0.2, -0.15) is 5.10 Å². The van der Waals surface area contributed by atoms with Gasteiger partial charge in [-0.3, -0.25) is 10.1 Å². The van der Waals surface area contributed by atoms with Gasteiger partial charge in [0.05, 0.1) is 5.69 Å². The van der Waals surface area contributed by atoms with Crippen molar-refractivity contribution in [2.45, 2.75) is 10.1 Å². The molecule has 3 heterocycles. The Morgan fingerprint density at radius 3 is 2.81 bits per heavy atom. The summed E-state index contributed by atoms with van der Waals surface area (Å²) >= 11 is 4.69. The topological polar surface area (TPSA) is 85.6 Å². The second-order valence-corrected chi connectivity index (χ2v) is 8.31. The number of thiophene rings is 1. The molecular weight excluding hydrogens is 388 g/mol. The zero-order chi connectivity index (χ0) is 17.8. The molecule has 1 N–H and O–H groups in total. The number of hydrogen-bond donors (Lipinski definition) is 1. The summed E-state index contributed by atoms with van der Waals surface area (Å²) in [7, 11) is 0. The van der Waals surface area contributed by atoms with Gasteiger partial charge in [-0.1, -0.05) is 29.2 Å². The molecule has 0 unspecified atom stereocenters. The summed E-state index contributed by atoms with van der Waals surface area (Å²) in [6, 6.07) is 11.2. The first-order valence-electron chi connectivity index (χ1n) is 7.53. The Bertz CT molecular complexity index is 980. The Balaban J connectivity index is 1.37. The maximum absolute atomic E-state index is 12.4. The van der Waals surface area contributed by atoms with Crippen LogP contribution in [0.3, 0.4) is 0 Å². The van der Waals surface area contributed by atoms with Crippen molar-refractivity contribution < 1.29 is 4.79 Å². The third-order valence-electron chi connectivity index (χ3n) is 3.36. The number of benzene rings is 1. The van der Waals surface area contributed by atoms with E-state index in [1.54, 1.807) is 46.2 Å². The number of carbonyl (C=O) groups is 1. The number of rotatable bonds is 6. The molecule has 3 aromatic heterocycles. The Hall–Kier alpha value is -2.56. The summed E-state index contributed by atoms with van der Waals surface area (Å²) in [4.78, 5) is 17.5. The van der Waals surface area contributed by atoms with Crippen molar-refractivity contribution in [3.8, 4) is 5.69 Å². The molecule has 1 amide bonds. The fourth-order valence-corrected chi connectivity index (χ4v) is 4.64. The molecule has 0 saturated heterocycles. The molecular formula is C16H12N6OS3. The number of amides is 1. The SMILES string of the molecule is O=C(Nc1nnc(SCc2cccs2)s1)c1ccc(-n2cncn2)cc1. The molecule has 130 valence electrons. The Kier molecular flexibility index (Phi) is 5.04. The minimum Gasteiger partial charge on any atom is -0.296 e. The van der Waals surface area contributed by atoms with Gasteiger partial charge in [-0.05, 0) is 35.7 Å². The van der Waals surface area contributed by atoms with Crippen LogP contribution in [0.4, 0.5) is 5.13 Å². The Labute approximate surface area is 161 Å². The number of thioether (sulfide) groups is 1. The van der Waals surface area contributed by atoms with Crippen LogP contribution in [0.1, 0.15) is 15.2 Å². The van der Waals surface area contributed by atoms with Crippen LogP contribution in [0.5, 0.6) is 0 Å². The van der Waals surface area contributed by atoms with Crippen molar-refractivity contribution in [1.29, 1.82) is 0 Å². The standard InChI is InChI=1S/C16H12N6OS3/c23-14(11-3-5-12(6-4-11)22-10-17-9-18-22)19-15-20-21-16(26-15)25-8-13-2-1-7-24-13/h1-7,9-10H,8H2,(H,19,20,23). The highest BCUT2D eigenvalue weighted by Crippen LogP contribution is 2.29. The molecule has 0 spiro atoms. The van der Waals surface area contributed by atoms with Crippen molar-refractivity contribution in [2.75, 3.05) is 5.32 Å². The van der Waals surface area contributed by atoms with Gasteiger partial charge in [0, 0.05) is 16.2 Å². The van der Waals surface area contributed by atoms with E-state index in [0.717, 1.165) is 15.8 Å². The first kappa shape index (κ1) is 16.9. The maximum Gasteiger partial charge on any atom is 0.257 e. The van der Waals surface area contributed by atoms with Gasteiger partial charge in [0.15, 0.2) is 4.34 Å². The molecule has 1 aromatic carbocycles. The highest BCUT2D eigenvalue weighted by Gasteiger charge is 2.11. The smallest absolute Gasteiger partial charge is 0.257 e. The highest BCUT2D eigenvalue weighted by molar-refractivity contribution is 8.00. The lowest BCUT2D eigenvalue weighted by atomic mass is 10.2. The minimum absolute atomic E-state index is 0.221. The molecule has 10 heteroatoms. The predicted molar refractivity (Wildman–Crippen MR) is 103 cm³/mol. The quantitative estimate of drug-likeness (QED) is 0.392. The normalized spacial score (nSPS) is 10.8. The monoisotopic (exact) mass is 400 g/mol. The molecule has 4 rings (SSSR count). The summed E-state index contributed by atoms with van der Waals surface area (Å²) in [5.74, 6) is 0.630. The van der Waals surface area contributed by atoms with Crippen LogP contribution >= 0.6 is 34.4 Å². The first-order chi connectivity index (χ1) is 12.8. The van der Waals surface area contributed by atoms with Gasteiger partial charge < -0.3 is 0 Å². The fraction of sp³-hybridized carbons (Fsp3) is 0.0625. The van der Waals surface area contributed by atoms with Crippen LogP contribution in [-0.4, -0.2) is 30.9 Å². The number of anilines is 1. The van der Waals surface area contributed by atoms with Crippen LogP contribution in [0, 0.1) is 0 Å². The lowest BCUT2D eigenvalue weighted by Gasteiger charge is -2.03. The molecule has 0 bridgehead atoms. The second kappa shape index (κ2) is 7.77. The average Bonchev–Trinajstić information content (AvgIpc) is 3.42. The van der Waals surface area contributed by atoms with Crippen LogP contribution in [0.2, 0.25) is 0 Å². The number of hydrogen-bond acceptors (Lipinski definition) is 8. The largest absolute Gasteiger partial charge is 0.296 e. The zero-order valence-electron chi connectivity index (χ0n) is 13.3. The van der Waals surface area contributed by atoms with Gasteiger partial charge in [-0.25, -0.2) is 9.67 Å². The lowest BCUT2D eigenvalue weighted by Crippen LogP contribution is -2.11. The number of carbonyl (C=O) groups excluding carboxylic acids is 1. The second-order valence-electron chi connectivity index (χ2n) is 5.08. The van der Waals surface area contributed by atoms with Gasteiger partial charge in [0.1, 0.15) is 12.7 Å². The molecule has 4 aromatic rings. The van der Waals surface area contributed by atoms with Crippen molar-refractivity contribution >= 4 is 45.5 Å². The third-order valence-corrected chi connectivity index (χ3v) is 6.44. The van der Waals surface area contributed by atoms with Gasteiger partial charge >= 0.3 is 0 Å². The summed E-state index contributed by atoms with van der Waals surface area (Å²) in [5.41, 5.74) is 1.37. The van der Waals surface area contributed by atoms with Crippen LogP contribution < -0.4 is 5.32 Å². The molecule has 0 aliphatic carbocycles. The molecule has 7 nitrogen and oxygen atoms in total. The van der Waals surface area contributed by atoms with Crippen LogP contribution in [0.15, 0.2) is 58.8 Å². The van der Waals surface area contributed by atoms with Gasteiger partial charge in [-0.15, -0.1) is 21.5 Å². The van der Waals surface area contributed by atoms with Gasteiger partial charge in [0.25, 0.3) is 5.91 Å². The van der Waals surface area contributed by atoms with Gasteiger partial charge in [0.2, 0.25) is 5.13 Å². The van der Waals surface area contributed by atoms with E-state index >= 15 is 0 Å². The summed E-state index contributed by atoms with van der Waals surface area (Å²) in [6.45, 7) is 0. The van der Waals surface area contributed by atoms with Crippen LogP contribution in [-0.2, 0) is 5.75 Å². The number of nitrogens with one attached hydrogen (secondary N) is 1. The molecule has 0 radical (unpaired) electrons. The van der Waals surface area contributed by atoms with E-state index < -0.39 is 0 Å². The molecule has 0 aliphatic heterocycles. The summed E-state index contributed by atoms with van der Waals surface area (Å²) in [5, 5.41) is 17.5. The van der Waals surface area contributed by atoms with E-state index in [0.29, 0.717) is 10.7 Å². The Morgan fingerprint density at radius 2 is 2.08 bits per heavy atom. The number of aromatic nitrogens is 5. The van der Waals surface area contributed by atoms with E-state index in [1.807, 2.05) is 18.2 Å². The first-order valence-corrected chi connectivity index (χ1v) is 10.2. The molecule has 0 aliphatic rings. The molecule has 0 fully saturated rings. The fourth-order valence-electron chi connectivity index (χ4n) is 2.12. The zero-order valence-corrected chi connectivity index (χ0v) is 15.7. The number of nitrogens with zero attached hydrogens (tertiary/aromatic N) is 5. The predicted octanol–water partition coefficient (Wildman–Crippen LogP) is 3.72. The van der Waals surface area contributed by atoms with E-state index in [-0.39, 0.29) is 5.91 Å². The molecule has 26 heavy (non-hydrogen) atoms. The molecule has 0 saturated carbocycles. The van der Waals surface area contributed by atoms with Crippen molar-refractivity contribution in [2.24, 2.45) is 0 Å². The summed E-state index contributed by atoms with van der Waals surface area (Å²) < 4.78 is 2.46. The van der Waals surface area contributed by atoms with Crippen LogP contribution in [0.25, 0.3) is 5.69 Å². The average molecular weight is 401 g/mol. The maximum atomic E-state index is 12.4. The van der Waals surface area contributed by atoms with E-state index in [1.165, 1.54) is 22.5 Å². The third kappa shape index (κ3) is 3.98. The highest BCUT2D eigenvalue weighted by atomic mass is 32.2. The lowest BCUT2D eigenvalue weighted by molar-refractivity contribution is 0.102. The van der Waals surface area contributed by atoms with Crippen molar-refractivity contribution in [3.05, 3.63) is 64.9 Å². The van der Waals surface area contributed by atoms with E-state index in [9.17, 15) is 4.79 Å². The van der Waals surface area contributed by atoms with Crippen molar-refractivity contribution in [3.63, 3.8) is 0 Å². The van der Waals surface area contributed by atoms with Crippen molar-refractivity contribution in [1.82, 2.24) is 25.0 Å².